The standard InChI is InChI=1S/C19H31NO/c1-5-19(6-2)7-8-20(13-19)17(21)18(4)11-14(3)9-15-10-16(15)12-18/h9,14,16H,5-8,10-13H2,1-4H3. The largest absolute Gasteiger partial charge is 0.342 e. The zero-order valence-corrected chi connectivity index (χ0v) is 14.2. The average molecular weight is 289 g/mol. The highest BCUT2D eigenvalue weighted by Crippen LogP contribution is 2.52. The van der Waals surface area contributed by atoms with Crippen LogP contribution in [-0.2, 0) is 4.79 Å². The molecule has 3 rings (SSSR count). The molecule has 118 valence electrons. The van der Waals surface area contributed by atoms with E-state index in [2.05, 4.69) is 38.7 Å². The van der Waals surface area contributed by atoms with Crippen molar-refractivity contribution in [3.8, 4) is 0 Å². The summed E-state index contributed by atoms with van der Waals surface area (Å²) in [4.78, 5) is 15.4. The summed E-state index contributed by atoms with van der Waals surface area (Å²) in [6, 6.07) is 0. The second kappa shape index (κ2) is 5.14. The molecule has 0 spiro atoms. The molecular formula is C19H31NO. The molecule has 0 aromatic heterocycles. The Labute approximate surface area is 130 Å². The lowest BCUT2D eigenvalue weighted by Crippen LogP contribution is -2.43. The summed E-state index contributed by atoms with van der Waals surface area (Å²) in [5, 5.41) is 0. The Morgan fingerprint density at radius 3 is 2.67 bits per heavy atom. The van der Waals surface area contributed by atoms with Gasteiger partial charge in [-0.1, -0.05) is 39.3 Å². The highest BCUT2D eigenvalue weighted by atomic mass is 16.2. The van der Waals surface area contributed by atoms with E-state index < -0.39 is 0 Å². The van der Waals surface area contributed by atoms with Gasteiger partial charge in [-0.25, -0.2) is 0 Å². The third-order valence-electron chi connectivity index (χ3n) is 6.56. The first-order chi connectivity index (χ1) is 9.91. The number of likely N-dealkylation sites (tertiary alicyclic amines) is 1. The van der Waals surface area contributed by atoms with E-state index in [0.717, 1.165) is 25.9 Å². The van der Waals surface area contributed by atoms with E-state index in [1.807, 2.05) is 0 Å². The second-order valence-corrected chi connectivity index (χ2v) is 8.27. The first kappa shape index (κ1) is 15.1. The summed E-state index contributed by atoms with van der Waals surface area (Å²) in [6.07, 6.45) is 9.42. The van der Waals surface area contributed by atoms with Crippen LogP contribution in [0.15, 0.2) is 11.6 Å². The Morgan fingerprint density at radius 1 is 1.33 bits per heavy atom. The number of nitrogens with zero attached hydrogens (tertiary/aromatic N) is 1. The van der Waals surface area contributed by atoms with Gasteiger partial charge in [0.1, 0.15) is 0 Å². The minimum absolute atomic E-state index is 0.129. The van der Waals surface area contributed by atoms with Crippen LogP contribution in [0.2, 0.25) is 0 Å². The van der Waals surface area contributed by atoms with Crippen LogP contribution in [0.3, 0.4) is 0 Å². The van der Waals surface area contributed by atoms with E-state index in [-0.39, 0.29) is 5.41 Å². The summed E-state index contributed by atoms with van der Waals surface area (Å²) in [5.41, 5.74) is 1.89. The minimum atomic E-state index is -0.129. The summed E-state index contributed by atoms with van der Waals surface area (Å²) >= 11 is 0. The second-order valence-electron chi connectivity index (χ2n) is 8.27. The van der Waals surface area contributed by atoms with Crippen molar-refractivity contribution in [3.05, 3.63) is 11.6 Å². The van der Waals surface area contributed by atoms with Gasteiger partial charge in [0.15, 0.2) is 0 Å². The molecule has 2 heteroatoms. The van der Waals surface area contributed by atoms with Crippen LogP contribution in [0.4, 0.5) is 0 Å². The van der Waals surface area contributed by atoms with Gasteiger partial charge in [-0.3, -0.25) is 4.79 Å². The van der Waals surface area contributed by atoms with E-state index >= 15 is 0 Å². The summed E-state index contributed by atoms with van der Waals surface area (Å²) in [5.74, 6) is 1.72. The molecule has 2 fully saturated rings. The highest BCUT2D eigenvalue weighted by Gasteiger charge is 2.48. The fourth-order valence-electron chi connectivity index (χ4n) is 4.89. The van der Waals surface area contributed by atoms with E-state index in [1.54, 1.807) is 5.57 Å². The first-order valence-electron chi connectivity index (χ1n) is 8.91. The normalized spacial score (nSPS) is 37.7. The van der Waals surface area contributed by atoms with Crippen molar-refractivity contribution in [3.63, 3.8) is 0 Å². The van der Waals surface area contributed by atoms with Gasteiger partial charge >= 0.3 is 0 Å². The zero-order chi connectivity index (χ0) is 15.3. The maximum atomic E-state index is 13.2. The fourth-order valence-corrected chi connectivity index (χ4v) is 4.89. The molecule has 1 saturated heterocycles. The van der Waals surface area contributed by atoms with Gasteiger partial charge in [0.2, 0.25) is 5.91 Å². The van der Waals surface area contributed by atoms with Crippen LogP contribution in [0, 0.1) is 22.7 Å². The number of carbonyl (C=O) groups excluding carboxylic acids is 1. The van der Waals surface area contributed by atoms with E-state index in [4.69, 9.17) is 0 Å². The SMILES string of the molecule is CCC1(CC)CCN(C(=O)C2(C)CC(C)C=C3CC3C2)C1. The first-order valence-corrected chi connectivity index (χ1v) is 8.91. The van der Waals surface area contributed by atoms with Gasteiger partial charge in [0.25, 0.3) is 0 Å². The van der Waals surface area contributed by atoms with E-state index in [9.17, 15) is 4.79 Å². The van der Waals surface area contributed by atoms with Crippen molar-refractivity contribution >= 4 is 5.91 Å². The summed E-state index contributed by atoms with van der Waals surface area (Å²) in [7, 11) is 0. The Hall–Kier alpha value is -0.790. The fraction of sp³-hybridized carbons (Fsp3) is 0.842. The number of carbonyl (C=O) groups is 1. The van der Waals surface area contributed by atoms with Crippen molar-refractivity contribution in [1.82, 2.24) is 4.90 Å². The molecule has 1 heterocycles. The molecule has 3 atom stereocenters. The number of hydrogen-bond donors (Lipinski definition) is 0. The molecule has 1 saturated carbocycles. The van der Waals surface area contributed by atoms with Crippen LogP contribution in [0.1, 0.15) is 66.2 Å². The molecule has 21 heavy (non-hydrogen) atoms. The van der Waals surface area contributed by atoms with Gasteiger partial charge in [-0.2, -0.15) is 0 Å². The molecule has 1 aliphatic heterocycles. The maximum Gasteiger partial charge on any atom is 0.228 e. The van der Waals surface area contributed by atoms with Crippen molar-refractivity contribution in [2.24, 2.45) is 22.7 Å². The van der Waals surface area contributed by atoms with Gasteiger partial charge < -0.3 is 4.90 Å². The molecule has 2 nitrogen and oxygen atoms in total. The Morgan fingerprint density at radius 2 is 2.05 bits per heavy atom. The third-order valence-corrected chi connectivity index (χ3v) is 6.56. The molecule has 0 bridgehead atoms. The number of fused-ring (bicyclic) bond motifs is 1. The van der Waals surface area contributed by atoms with Crippen molar-refractivity contribution in [1.29, 1.82) is 0 Å². The predicted octanol–water partition coefficient (Wildman–Crippen LogP) is 4.41. The molecule has 0 N–H and O–H groups in total. The Balaban J connectivity index is 1.73. The lowest BCUT2D eigenvalue weighted by molar-refractivity contribution is -0.142. The van der Waals surface area contributed by atoms with E-state index in [1.165, 1.54) is 25.7 Å². The van der Waals surface area contributed by atoms with Gasteiger partial charge in [0.05, 0.1) is 0 Å². The molecule has 2 aliphatic carbocycles. The van der Waals surface area contributed by atoms with E-state index in [0.29, 0.717) is 23.2 Å². The molecule has 0 aromatic rings. The Kier molecular flexibility index (Phi) is 3.70. The third kappa shape index (κ3) is 2.66. The average Bonchev–Trinajstić information content (AvgIpc) is 3.03. The highest BCUT2D eigenvalue weighted by molar-refractivity contribution is 5.83. The molecule has 3 aliphatic rings. The lowest BCUT2D eigenvalue weighted by atomic mass is 9.77. The monoisotopic (exact) mass is 289 g/mol. The van der Waals surface area contributed by atoms with Crippen LogP contribution >= 0.6 is 0 Å². The molecule has 0 radical (unpaired) electrons. The number of amides is 1. The molecular weight excluding hydrogens is 258 g/mol. The smallest absolute Gasteiger partial charge is 0.228 e. The van der Waals surface area contributed by atoms with Gasteiger partial charge in [-0.05, 0) is 55.8 Å². The zero-order valence-electron chi connectivity index (χ0n) is 14.2. The number of rotatable bonds is 3. The van der Waals surface area contributed by atoms with Crippen LogP contribution in [0.5, 0.6) is 0 Å². The van der Waals surface area contributed by atoms with Gasteiger partial charge in [0, 0.05) is 18.5 Å². The number of hydrogen-bond acceptors (Lipinski definition) is 1. The maximum absolute atomic E-state index is 13.2. The predicted molar refractivity (Wildman–Crippen MR) is 86.9 cm³/mol. The van der Waals surface area contributed by atoms with Crippen molar-refractivity contribution in [2.75, 3.05) is 13.1 Å². The van der Waals surface area contributed by atoms with Crippen LogP contribution in [0.25, 0.3) is 0 Å². The lowest BCUT2D eigenvalue weighted by Gasteiger charge is -2.35. The number of allylic oxidation sites excluding steroid dienone is 2. The van der Waals surface area contributed by atoms with Gasteiger partial charge in [-0.15, -0.1) is 0 Å². The molecule has 1 amide bonds. The summed E-state index contributed by atoms with van der Waals surface area (Å²) < 4.78 is 0. The topological polar surface area (TPSA) is 20.3 Å². The van der Waals surface area contributed by atoms with Crippen LogP contribution < -0.4 is 0 Å². The Bertz CT molecular complexity index is 462. The molecule has 0 aromatic carbocycles. The molecule has 3 unspecified atom stereocenters. The quantitative estimate of drug-likeness (QED) is 0.705. The van der Waals surface area contributed by atoms with Crippen molar-refractivity contribution < 1.29 is 4.79 Å². The van der Waals surface area contributed by atoms with Crippen molar-refractivity contribution in [2.45, 2.75) is 66.2 Å². The summed E-state index contributed by atoms with van der Waals surface area (Å²) in [6.45, 7) is 11.1. The van der Waals surface area contributed by atoms with Crippen LogP contribution in [-0.4, -0.2) is 23.9 Å². The minimum Gasteiger partial charge on any atom is -0.342 e.